The minimum absolute atomic E-state index is 0.658. The van der Waals surface area contributed by atoms with Crippen molar-refractivity contribution in [1.29, 1.82) is 0 Å². The Morgan fingerprint density at radius 2 is 2.25 bits per heavy atom. The van der Waals surface area contributed by atoms with Gasteiger partial charge in [0.2, 0.25) is 5.88 Å². The monoisotopic (exact) mass is 221 g/mol. The van der Waals surface area contributed by atoms with Crippen LogP contribution in [0, 0.1) is 0 Å². The van der Waals surface area contributed by atoms with Crippen LogP contribution in [0.1, 0.15) is 12.8 Å². The molecule has 0 radical (unpaired) electrons. The maximum atomic E-state index is 5.07. The first kappa shape index (κ1) is 11.2. The van der Waals surface area contributed by atoms with Gasteiger partial charge in [-0.05, 0) is 32.0 Å². The number of ether oxygens (including phenoxy) is 1. The summed E-state index contributed by atoms with van der Waals surface area (Å²) in [5, 5.41) is 3.38. The molecule has 0 amide bonds. The summed E-state index contributed by atoms with van der Waals surface area (Å²) in [7, 11) is 1.64. The third-order valence-electron chi connectivity index (χ3n) is 2.90. The van der Waals surface area contributed by atoms with E-state index >= 15 is 0 Å². The molecular formula is C12H19N3O. The molecule has 88 valence electrons. The van der Waals surface area contributed by atoms with E-state index in [2.05, 4.69) is 15.2 Å². The highest BCUT2D eigenvalue weighted by Gasteiger charge is 2.10. The minimum Gasteiger partial charge on any atom is -0.481 e. The average molecular weight is 221 g/mol. The van der Waals surface area contributed by atoms with Crippen LogP contribution >= 0.6 is 0 Å². The third-order valence-corrected chi connectivity index (χ3v) is 2.90. The Balaban J connectivity index is 1.75. The van der Waals surface area contributed by atoms with Crippen molar-refractivity contribution in [2.24, 2.45) is 0 Å². The molecule has 2 heterocycles. The zero-order chi connectivity index (χ0) is 11.2. The van der Waals surface area contributed by atoms with Crippen molar-refractivity contribution >= 4 is 5.69 Å². The smallest absolute Gasteiger partial charge is 0.214 e. The summed E-state index contributed by atoms with van der Waals surface area (Å²) >= 11 is 0. The van der Waals surface area contributed by atoms with Gasteiger partial charge in [0.15, 0.2) is 0 Å². The van der Waals surface area contributed by atoms with Crippen LogP contribution in [0.4, 0.5) is 5.69 Å². The first-order valence-corrected chi connectivity index (χ1v) is 5.85. The number of nitrogens with one attached hydrogen (secondary N) is 1. The number of rotatable bonds is 5. The zero-order valence-corrected chi connectivity index (χ0v) is 9.78. The molecule has 0 saturated carbocycles. The van der Waals surface area contributed by atoms with Gasteiger partial charge >= 0.3 is 0 Å². The highest BCUT2D eigenvalue weighted by atomic mass is 16.5. The second-order valence-electron chi connectivity index (χ2n) is 4.06. The molecule has 0 unspecified atom stereocenters. The van der Waals surface area contributed by atoms with Gasteiger partial charge in [0.05, 0.1) is 7.11 Å². The van der Waals surface area contributed by atoms with Gasteiger partial charge in [-0.2, -0.15) is 0 Å². The van der Waals surface area contributed by atoms with Gasteiger partial charge in [-0.25, -0.2) is 4.98 Å². The molecule has 1 saturated heterocycles. The Bertz CT molecular complexity index is 324. The van der Waals surface area contributed by atoms with Crippen LogP contribution in [-0.4, -0.2) is 43.2 Å². The summed E-state index contributed by atoms with van der Waals surface area (Å²) in [5.41, 5.74) is 1.08. The molecular weight excluding hydrogens is 202 g/mol. The van der Waals surface area contributed by atoms with Crippen molar-refractivity contribution in [3.63, 3.8) is 0 Å². The number of anilines is 1. The van der Waals surface area contributed by atoms with Crippen LogP contribution in [0.2, 0.25) is 0 Å². The molecule has 4 heteroatoms. The lowest BCUT2D eigenvalue weighted by Gasteiger charge is -2.15. The SMILES string of the molecule is COc1cc(NCCN2CCCC2)ccn1. The molecule has 1 aromatic rings. The van der Waals surface area contributed by atoms with Crippen molar-refractivity contribution in [1.82, 2.24) is 9.88 Å². The van der Waals surface area contributed by atoms with Crippen molar-refractivity contribution in [2.75, 3.05) is 38.6 Å². The van der Waals surface area contributed by atoms with E-state index in [-0.39, 0.29) is 0 Å². The maximum Gasteiger partial charge on any atom is 0.214 e. The predicted octanol–water partition coefficient (Wildman–Crippen LogP) is 1.60. The van der Waals surface area contributed by atoms with Gasteiger partial charge < -0.3 is 15.0 Å². The second-order valence-corrected chi connectivity index (χ2v) is 4.06. The van der Waals surface area contributed by atoms with Crippen LogP contribution in [0.3, 0.4) is 0 Å². The number of likely N-dealkylation sites (tertiary alicyclic amines) is 1. The van der Waals surface area contributed by atoms with Gasteiger partial charge in [0.1, 0.15) is 0 Å². The lowest BCUT2D eigenvalue weighted by Crippen LogP contribution is -2.25. The Labute approximate surface area is 96.6 Å². The first-order valence-electron chi connectivity index (χ1n) is 5.85. The molecule has 1 aliphatic heterocycles. The number of aromatic nitrogens is 1. The van der Waals surface area contributed by atoms with Gasteiger partial charge in [0.25, 0.3) is 0 Å². The summed E-state index contributed by atoms with van der Waals surface area (Å²) in [6, 6.07) is 3.89. The standard InChI is InChI=1S/C12H19N3O/c1-16-12-10-11(4-5-14-12)13-6-9-15-7-2-3-8-15/h4-5,10H,2-3,6-9H2,1H3,(H,13,14). The summed E-state index contributed by atoms with van der Waals surface area (Å²) in [6.45, 7) is 4.60. The van der Waals surface area contributed by atoms with Crippen LogP contribution in [-0.2, 0) is 0 Å². The molecule has 0 aromatic carbocycles. The molecule has 16 heavy (non-hydrogen) atoms. The second kappa shape index (κ2) is 5.70. The molecule has 0 bridgehead atoms. The fraction of sp³-hybridized carbons (Fsp3) is 0.583. The van der Waals surface area contributed by atoms with E-state index in [9.17, 15) is 0 Å². The van der Waals surface area contributed by atoms with E-state index in [1.54, 1.807) is 13.3 Å². The Morgan fingerprint density at radius 1 is 1.44 bits per heavy atom. The predicted molar refractivity (Wildman–Crippen MR) is 65.0 cm³/mol. The number of nitrogens with zero attached hydrogens (tertiary/aromatic N) is 2. The Morgan fingerprint density at radius 3 is 3.00 bits per heavy atom. The molecule has 0 aliphatic carbocycles. The lowest BCUT2D eigenvalue weighted by molar-refractivity contribution is 0.352. The number of hydrogen-bond donors (Lipinski definition) is 1. The van der Waals surface area contributed by atoms with Crippen molar-refractivity contribution < 1.29 is 4.74 Å². The molecule has 1 fully saturated rings. The molecule has 1 aliphatic rings. The Kier molecular flexibility index (Phi) is 3.99. The van der Waals surface area contributed by atoms with E-state index < -0.39 is 0 Å². The van der Waals surface area contributed by atoms with E-state index in [1.165, 1.54) is 25.9 Å². The highest BCUT2D eigenvalue weighted by Crippen LogP contribution is 2.13. The Hall–Kier alpha value is -1.29. The zero-order valence-electron chi connectivity index (χ0n) is 9.78. The summed E-state index contributed by atoms with van der Waals surface area (Å²) in [4.78, 5) is 6.56. The fourth-order valence-corrected chi connectivity index (χ4v) is 2.00. The van der Waals surface area contributed by atoms with Gasteiger partial charge in [0, 0.05) is 31.0 Å². The van der Waals surface area contributed by atoms with Crippen LogP contribution in [0.25, 0.3) is 0 Å². The summed E-state index contributed by atoms with van der Waals surface area (Å²) in [5.74, 6) is 0.658. The fourth-order valence-electron chi connectivity index (χ4n) is 2.00. The van der Waals surface area contributed by atoms with E-state index in [0.717, 1.165) is 18.8 Å². The van der Waals surface area contributed by atoms with E-state index in [1.807, 2.05) is 12.1 Å². The molecule has 4 nitrogen and oxygen atoms in total. The summed E-state index contributed by atoms with van der Waals surface area (Å²) < 4.78 is 5.07. The van der Waals surface area contributed by atoms with Crippen molar-refractivity contribution in [3.05, 3.63) is 18.3 Å². The van der Waals surface area contributed by atoms with Crippen LogP contribution < -0.4 is 10.1 Å². The molecule has 1 aromatic heterocycles. The topological polar surface area (TPSA) is 37.4 Å². The van der Waals surface area contributed by atoms with E-state index in [0.29, 0.717) is 5.88 Å². The largest absolute Gasteiger partial charge is 0.481 e. The highest BCUT2D eigenvalue weighted by molar-refractivity contribution is 5.44. The average Bonchev–Trinajstić information content (AvgIpc) is 2.82. The molecule has 0 atom stereocenters. The molecule has 1 N–H and O–H groups in total. The number of pyridine rings is 1. The van der Waals surface area contributed by atoms with Gasteiger partial charge in [-0.15, -0.1) is 0 Å². The first-order chi connectivity index (χ1) is 7.88. The quantitative estimate of drug-likeness (QED) is 0.819. The molecule has 2 rings (SSSR count). The van der Waals surface area contributed by atoms with Crippen LogP contribution in [0.5, 0.6) is 5.88 Å². The lowest BCUT2D eigenvalue weighted by atomic mass is 10.4. The van der Waals surface area contributed by atoms with E-state index in [4.69, 9.17) is 4.74 Å². The van der Waals surface area contributed by atoms with Gasteiger partial charge in [-0.3, -0.25) is 0 Å². The normalized spacial score (nSPS) is 16.3. The minimum atomic E-state index is 0.658. The summed E-state index contributed by atoms with van der Waals surface area (Å²) in [6.07, 6.45) is 4.46. The van der Waals surface area contributed by atoms with Gasteiger partial charge in [-0.1, -0.05) is 0 Å². The third kappa shape index (κ3) is 3.10. The maximum absolute atomic E-state index is 5.07. The molecule has 0 spiro atoms. The van der Waals surface area contributed by atoms with Crippen molar-refractivity contribution in [2.45, 2.75) is 12.8 Å². The van der Waals surface area contributed by atoms with Crippen LogP contribution in [0.15, 0.2) is 18.3 Å². The number of hydrogen-bond acceptors (Lipinski definition) is 4. The van der Waals surface area contributed by atoms with Crippen molar-refractivity contribution in [3.8, 4) is 5.88 Å². The number of methoxy groups -OCH3 is 1.